The van der Waals surface area contributed by atoms with Crippen molar-refractivity contribution < 1.29 is 4.65 Å². The molecule has 0 spiro atoms. The largest absolute Gasteiger partial charge is 0.433 e. The Kier molecular flexibility index (Phi) is 5.55. The molecule has 1 fully saturated rings. The van der Waals surface area contributed by atoms with E-state index in [9.17, 15) is 0 Å². The lowest BCUT2D eigenvalue weighted by Gasteiger charge is -2.26. The fourth-order valence-corrected chi connectivity index (χ4v) is 2.39. The van der Waals surface area contributed by atoms with Gasteiger partial charge in [0.15, 0.2) is 0 Å². The molecule has 0 amide bonds. The maximum absolute atomic E-state index is 6.06. The molecule has 0 N–H and O–H groups in total. The van der Waals surface area contributed by atoms with Gasteiger partial charge < -0.3 is 9.55 Å². The molecular formula is C14H20BClNO. The molecule has 1 aliphatic rings. The minimum atomic E-state index is 0.755. The third-order valence-corrected chi connectivity index (χ3v) is 3.80. The summed E-state index contributed by atoms with van der Waals surface area (Å²) in [7, 11) is 1.80. The van der Waals surface area contributed by atoms with Crippen LogP contribution in [0.4, 0.5) is 0 Å². The molecule has 1 radical (unpaired) electrons. The topological polar surface area (TPSA) is 12.5 Å². The van der Waals surface area contributed by atoms with Gasteiger partial charge >= 0.3 is 7.48 Å². The summed E-state index contributed by atoms with van der Waals surface area (Å²) in [5.74, 6) is 0. The first kappa shape index (κ1) is 13.9. The van der Waals surface area contributed by atoms with Gasteiger partial charge in [0.2, 0.25) is 0 Å². The molecule has 2 nitrogen and oxygen atoms in total. The second-order valence-corrected chi connectivity index (χ2v) is 5.31. The Balaban J connectivity index is 1.66. The lowest BCUT2D eigenvalue weighted by Crippen LogP contribution is -2.33. The predicted octanol–water partition coefficient (Wildman–Crippen LogP) is 2.40. The van der Waals surface area contributed by atoms with Crippen LogP contribution in [0.1, 0.15) is 24.8 Å². The summed E-state index contributed by atoms with van der Waals surface area (Å²) in [5, 5.41) is 0.795. The van der Waals surface area contributed by atoms with E-state index in [1.807, 2.05) is 25.1 Å². The summed E-state index contributed by atoms with van der Waals surface area (Å²) in [6.07, 6.45) is 4.04. The minimum Gasteiger partial charge on any atom is -0.433 e. The van der Waals surface area contributed by atoms with E-state index in [4.69, 9.17) is 16.3 Å². The fourth-order valence-electron chi connectivity index (χ4n) is 2.20. The van der Waals surface area contributed by atoms with Gasteiger partial charge in [0.25, 0.3) is 0 Å². The molecule has 2 rings (SSSR count). The molecule has 4 heteroatoms. The second-order valence-electron chi connectivity index (χ2n) is 4.90. The van der Waals surface area contributed by atoms with Crippen molar-refractivity contribution in [3.8, 4) is 0 Å². The van der Waals surface area contributed by atoms with Crippen molar-refractivity contribution in [3.05, 3.63) is 28.8 Å². The Labute approximate surface area is 116 Å². The van der Waals surface area contributed by atoms with E-state index >= 15 is 0 Å². The first-order valence-corrected chi connectivity index (χ1v) is 7.07. The van der Waals surface area contributed by atoms with E-state index in [0.717, 1.165) is 29.2 Å². The van der Waals surface area contributed by atoms with E-state index in [-0.39, 0.29) is 0 Å². The quantitative estimate of drug-likeness (QED) is 0.598. The molecule has 0 unspecified atom stereocenters. The normalized spacial score (nSPS) is 16.8. The Morgan fingerprint density at radius 3 is 2.78 bits per heavy atom. The van der Waals surface area contributed by atoms with E-state index in [1.54, 1.807) is 7.48 Å². The van der Waals surface area contributed by atoms with Gasteiger partial charge in [0, 0.05) is 18.2 Å². The standard InChI is InChI=1S/C14H20BClNO/c1-12-5-6-13(11-14(12)16)15-18-10-9-17-7-3-2-4-8-17/h5-6,11H,2-4,7-10H2,1H3. The van der Waals surface area contributed by atoms with E-state index < -0.39 is 0 Å². The molecule has 0 bridgehead atoms. The number of rotatable bonds is 5. The third-order valence-electron chi connectivity index (χ3n) is 3.39. The number of benzene rings is 1. The van der Waals surface area contributed by atoms with Gasteiger partial charge in [-0.2, -0.15) is 0 Å². The first-order valence-electron chi connectivity index (χ1n) is 6.69. The maximum Gasteiger partial charge on any atom is 0.330 e. The predicted molar refractivity (Wildman–Crippen MR) is 77.8 cm³/mol. The van der Waals surface area contributed by atoms with Crippen molar-refractivity contribution in [2.24, 2.45) is 0 Å². The summed E-state index contributed by atoms with van der Waals surface area (Å²) in [4.78, 5) is 2.47. The van der Waals surface area contributed by atoms with E-state index in [1.165, 1.54) is 32.4 Å². The maximum atomic E-state index is 6.06. The molecule has 18 heavy (non-hydrogen) atoms. The van der Waals surface area contributed by atoms with Crippen LogP contribution in [0, 0.1) is 6.92 Å². The van der Waals surface area contributed by atoms with Gasteiger partial charge in [-0.05, 0) is 44.5 Å². The summed E-state index contributed by atoms with van der Waals surface area (Å²) in [6, 6.07) is 5.99. The summed E-state index contributed by atoms with van der Waals surface area (Å²) >= 11 is 6.06. The van der Waals surface area contributed by atoms with Crippen molar-refractivity contribution in [2.75, 3.05) is 26.2 Å². The average Bonchev–Trinajstić information content (AvgIpc) is 2.40. The molecule has 0 aliphatic carbocycles. The van der Waals surface area contributed by atoms with Crippen LogP contribution < -0.4 is 5.46 Å². The van der Waals surface area contributed by atoms with Gasteiger partial charge in [-0.3, -0.25) is 0 Å². The zero-order valence-corrected chi connectivity index (χ0v) is 11.7. The zero-order valence-electron chi connectivity index (χ0n) is 11.0. The number of nitrogens with zero attached hydrogens (tertiary/aromatic N) is 1. The van der Waals surface area contributed by atoms with E-state index in [2.05, 4.69) is 4.90 Å². The molecule has 0 atom stereocenters. The molecule has 1 aromatic carbocycles. The van der Waals surface area contributed by atoms with Crippen molar-refractivity contribution >= 4 is 24.5 Å². The second kappa shape index (κ2) is 7.17. The van der Waals surface area contributed by atoms with Crippen LogP contribution in [-0.2, 0) is 4.65 Å². The van der Waals surface area contributed by atoms with Crippen LogP contribution >= 0.6 is 11.6 Å². The SMILES string of the molecule is Cc1ccc([B]OCCN2CCCCC2)cc1Cl. The monoisotopic (exact) mass is 264 g/mol. The summed E-state index contributed by atoms with van der Waals surface area (Å²) in [6.45, 7) is 6.23. The highest BCUT2D eigenvalue weighted by molar-refractivity contribution is 6.47. The van der Waals surface area contributed by atoms with Crippen LogP contribution in [0.25, 0.3) is 0 Å². The first-order chi connectivity index (χ1) is 8.75. The van der Waals surface area contributed by atoms with Gasteiger partial charge in [0.05, 0.1) is 0 Å². The fraction of sp³-hybridized carbons (Fsp3) is 0.571. The molecule has 1 heterocycles. The van der Waals surface area contributed by atoms with Crippen LogP contribution in [0.15, 0.2) is 18.2 Å². The van der Waals surface area contributed by atoms with Crippen LogP contribution in [-0.4, -0.2) is 38.6 Å². The Morgan fingerprint density at radius 1 is 1.28 bits per heavy atom. The Bertz CT molecular complexity index is 380. The van der Waals surface area contributed by atoms with Crippen LogP contribution in [0.5, 0.6) is 0 Å². The lowest BCUT2D eigenvalue weighted by atomic mass is 9.87. The van der Waals surface area contributed by atoms with Gasteiger partial charge in [-0.25, -0.2) is 0 Å². The van der Waals surface area contributed by atoms with E-state index in [0.29, 0.717) is 0 Å². The van der Waals surface area contributed by atoms with Gasteiger partial charge in [-0.1, -0.05) is 35.6 Å². The minimum absolute atomic E-state index is 0.755. The zero-order chi connectivity index (χ0) is 12.8. The molecular weight excluding hydrogens is 244 g/mol. The van der Waals surface area contributed by atoms with Crippen molar-refractivity contribution in [1.82, 2.24) is 4.90 Å². The van der Waals surface area contributed by atoms with Gasteiger partial charge in [-0.15, -0.1) is 0 Å². The third kappa shape index (κ3) is 4.31. The molecule has 1 aliphatic heterocycles. The molecule has 0 saturated carbocycles. The van der Waals surface area contributed by atoms with Crippen LogP contribution in [0.3, 0.4) is 0 Å². The molecule has 0 aromatic heterocycles. The number of aryl methyl sites for hydroxylation is 1. The number of hydrogen-bond acceptors (Lipinski definition) is 2. The number of likely N-dealkylation sites (tertiary alicyclic amines) is 1. The highest BCUT2D eigenvalue weighted by atomic mass is 35.5. The number of hydrogen-bond donors (Lipinski definition) is 0. The lowest BCUT2D eigenvalue weighted by molar-refractivity contribution is 0.187. The number of halogens is 1. The number of piperidine rings is 1. The van der Waals surface area contributed by atoms with Gasteiger partial charge in [0.1, 0.15) is 0 Å². The highest BCUT2D eigenvalue weighted by Gasteiger charge is 2.09. The smallest absolute Gasteiger partial charge is 0.330 e. The summed E-state index contributed by atoms with van der Waals surface area (Å²) in [5.41, 5.74) is 2.13. The van der Waals surface area contributed by atoms with Crippen molar-refractivity contribution in [1.29, 1.82) is 0 Å². The average molecular weight is 265 g/mol. The van der Waals surface area contributed by atoms with Crippen LogP contribution in [0.2, 0.25) is 5.02 Å². The Morgan fingerprint density at radius 2 is 2.06 bits per heavy atom. The van der Waals surface area contributed by atoms with Crippen molar-refractivity contribution in [3.63, 3.8) is 0 Å². The Hall–Kier alpha value is -0.505. The molecule has 1 aromatic rings. The highest BCUT2D eigenvalue weighted by Crippen LogP contribution is 2.11. The van der Waals surface area contributed by atoms with Crippen molar-refractivity contribution in [2.45, 2.75) is 26.2 Å². The molecule has 97 valence electrons. The summed E-state index contributed by atoms with van der Waals surface area (Å²) < 4.78 is 5.59. The molecule has 1 saturated heterocycles.